The van der Waals surface area contributed by atoms with Crippen molar-refractivity contribution in [2.75, 3.05) is 23.4 Å². The Balaban J connectivity index is 1.79. The van der Waals surface area contributed by atoms with Gasteiger partial charge in [0.1, 0.15) is 5.75 Å². The number of nitrogens with one attached hydrogen (secondary N) is 1. The number of hydrogen-bond acceptors (Lipinski definition) is 4. The number of carbonyl (C=O) groups is 1. The Hall–Kier alpha value is -2.34. The molecule has 2 rings (SSSR count). The smallest absolute Gasteiger partial charge is 0.409 e. The Morgan fingerprint density at radius 2 is 2.05 bits per heavy atom. The normalized spacial score (nSPS) is 10.1. The van der Waals surface area contributed by atoms with E-state index in [0.29, 0.717) is 18.0 Å². The zero-order valence-corrected chi connectivity index (χ0v) is 12.1. The Morgan fingerprint density at radius 1 is 1.24 bits per heavy atom. The lowest BCUT2D eigenvalue weighted by atomic mass is 10.3. The molecule has 0 radical (unpaired) electrons. The first-order valence-electron chi connectivity index (χ1n) is 6.34. The van der Waals surface area contributed by atoms with Crippen LogP contribution in [0.4, 0.5) is 16.2 Å². The summed E-state index contributed by atoms with van der Waals surface area (Å²) in [4.78, 5) is 11.6. The third kappa shape index (κ3) is 5.27. The predicted octanol–water partition coefficient (Wildman–Crippen LogP) is 3.53. The van der Waals surface area contributed by atoms with Crippen LogP contribution in [0.5, 0.6) is 5.75 Å². The van der Waals surface area contributed by atoms with Crippen LogP contribution in [-0.4, -0.2) is 23.6 Å². The SMILES string of the molecule is Nc1cccc(OCCSc2cccc(NC(=O)O)c2)c1. The Morgan fingerprint density at radius 3 is 2.81 bits per heavy atom. The van der Waals surface area contributed by atoms with Gasteiger partial charge in [-0.15, -0.1) is 11.8 Å². The predicted molar refractivity (Wildman–Crippen MR) is 85.2 cm³/mol. The third-order valence-corrected chi connectivity index (χ3v) is 3.52. The molecular formula is C15H16N2O3S. The molecule has 0 aromatic heterocycles. The molecule has 0 aliphatic carbocycles. The summed E-state index contributed by atoms with van der Waals surface area (Å²) >= 11 is 1.60. The fourth-order valence-electron chi connectivity index (χ4n) is 1.71. The van der Waals surface area contributed by atoms with Gasteiger partial charge in [-0.25, -0.2) is 4.79 Å². The molecule has 5 nitrogen and oxygen atoms in total. The molecule has 1 amide bonds. The molecule has 0 unspecified atom stereocenters. The van der Waals surface area contributed by atoms with Crippen LogP contribution in [0.25, 0.3) is 0 Å². The number of hydrogen-bond donors (Lipinski definition) is 3. The molecule has 0 fully saturated rings. The average molecular weight is 304 g/mol. The van der Waals surface area contributed by atoms with E-state index in [-0.39, 0.29) is 0 Å². The zero-order chi connectivity index (χ0) is 15.1. The highest BCUT2D eigenvalue weighted by Crippen LogP contribution is 2.22. The summed E-state index contributed by atoms with van der Waals surface area (Å²) in [6, 6.07) is 14.5. The standard InChI is InChI=1S/C15H16N2O3S/c16-11-3-1-5-13(9-11)20-7-8-21-14-6-2-4-12(10-14)17-15(18)19/h1-6,9-10,17H,7-8,16H2,(H,18,19). The lowest BCUT2D eigenvalue weighted by molar-refractivity contribution is 0.209. The summed E-state index contributed by atoms with van der Waals surface area (Å²) in [5.41, 5.74) is 6.90. The first-order valence-corrected chi connectivity index (χ1v) is 7.33. The van der Waals surface area contributed by atoms with E-state index in [1.165, 1.54) is 0 Å². The number of ether oxygens (including phenoxy) is 1. The van der Waals surface area contributed by atoms with E-state index in [0.717, 1.165) is 16.4 Å². The van der Waals surface area contributed by atoms with Crippen molar-refractivity contribution in [3.63, 3.8) is 0 Å². The number of benzene rings is 2. The number of amides is 1. The van der Waals surface area contributed by atoms with Gasteiger partial charge >= 0.3 is 6.09 Å². The molecule has 2 aromatic rings. The summed E-state index contributed by atoms with van der Waals surface area (Å²) in [7, 11) is 0. The molecule has 2 aromatic carbocycles. The summed E-state index contributed by atoms with van der Waals surface area (Å²) in [5, 5.41) is 11.0. The first-order chi connectivity index (χ1) is 10.1. The highest BCUT2D eigenvalue weighted by molar-refractivity contribution is 7.99. The van der Waals surface area contributed by atoms with E-state index in [1.54, 1.807) is 30.0 Å². The fraction of sp³-hybridized carbons (Fsp3) is 0.133. The van der Waals surface area contributed by atoms with Gasteiger partial charge in [-0.3, -0.25) is 5.32 Å². The maximum Gasteiger partial charge on any atom is 0.409 e. The minimum Gasteiger partial charge on any atom is -0.493 e. The van der Waals surface area contributed by atoms with Crippen LogP contribution in [-0.2, 0) is 0 Å². The second kappa shape index (κ2) is 7.44. The van der Waals surface area contributed by atoms with Gasteiger partial charge in [0.25, 0.3) is 0 Å². The average Bonchev–Trinajstić information content (AvgIpc) is 2.43. The van der Waals surface area contributed by atoms with Crippen LogP contribution in [0, 0.1) is 0 Å². The topological polar surface area (TPSA) is 84.6 Å². The van der Waals surface area contributed by atoms with Crippen molar-refractivity contribution in [3.8, 4) is 5.75 Å². The van der Waals surface area contributed by atoms with Crippen LogP contribution < -0.4 is 15.8 Å². The number of carboxylic acid groups (broad SMARTS) is 1. The van der Waals surface area contributed by atoms with Crippen LogP contribution in [0.2, 0.25) is 0 Å². The molecule has 21 heavy (non-hydrogen) atoms. The minimum absolute atomic E-state index is 0.546. The zero-order valence-electron chi connectivity index (χ0n) is 11.3. The van der Waals surface area contributed by atoms with E-state index < -0.39 is 6.09 Å². The van der Waals surface area contributed by atoms with Crippen LogP contribution in [0.3, 0.4) is 0 Å². The van der Waals surface area contributed by atoms with Crippen LogP contribution in [0.1, 0.15) is 0 Å². The fourth-order valence-corrected chi connectivity index (χ4v) is 2.50. The van der Waals surface area contributed by atoms with E-state index in [1.807, 2.05) is 30.3 Å². The molecule has 0 saturated carbocycles. The van der Waals surface area contributed by atoms with Crippen molar-refractivity contribution in [1.29, 1.82) is 0 Å². The molecule has 0 saturated heterocycles. The first kappa shape index (κ1) is 15.1. The number of rotatable bonds is 6. The molecule has 110 valence electrons. The van der Waals surface area contributed by atoms with Gasteiger partial charge in [0.15, 0.2) is 0 Å². The van der Waals surface area contributed by atoms with Crippen LogP contribution in [0.15, 0.2) is 53.4 Å². The van der Waals surface area contributed by atoms with Gasteiger partial charge in [-0.05, 0) is 30.3 Å². The molecule has 0 spiro atoms. The largest absolute Gasteiger partial charge is 0.493 e. The van der Waals surface area contributed by atoms with Crippen molar-refractivity contribution >= 4 is 29.2 Å². The van der Waals surface area contributed by atoms with Crippen molar-refractivity contribution in [1.82, 2.24) is 0 Å². The minimum atomic E-state index is -1.07. The lowest BCUT2D eigenvalue weighted by Gasteiger charge is -2.07. The van der Waals surface area contributed by atoms with Gasteiger partial charge in [0.05, 0.1) is 6.61 Å². The highest BCUT2D eigenvalue weighted by atomic mass is 32.2. The number of nitrogen functional groups attached to an aromatic ring is 1. The molecule has 0 atom stereocenters. The number of anilines is 2. The molecule has 4 N–H and O–H groups in total. The lowest BCUT2D eigenvalue weighted by Crippen LogP contribution is -2.07. The van der Waals surface area contributed by atoms with E-state index in [2.05, 4.69) is 5.32 Å². The van der Waals surface area contributed by atoms with Crippen molar-refractivity contribution in [2.24, 2.45) is 0 Å². The Bertz CT molecular complexity index is 619. The summed E-state index contributed by atoms with van der Waals surface area (Å²) in [5.74, 6) is 1.50. The summed E-state index contributed by atoms with van der Waals surface area (Å²) < 4.78 is 5.59. The maximum absolute atomic E-state index is 10.6. The second-order valence-electron chi connectivity index (χ2n) is 4.23. The Kier molecular flexibility index (Phi) is 5.34. The highest BCUT2D eigenvalue weighted by Gasteiger charge is 2.00. The molecular weight excluding hydrogens is 288 g/mol. The van der Waals surface area contributed by atoms with Gasteiger partial charge in [-0.1, -0.05) is 12.1 Å². The van der Waals surface area contributed by atoms with E-state index in [9.17, 15) is 4.79 Å². The van der Waals surface area contributed by atoms with Gasteiger partial charge < -0.3 is 15.6 Å². The van der Waals surface area contributed by atoms with Crippen molar-refractivity contribution < 1.29 is 14.6 Å². The van der Waals surface area contributed by atoms with Crippen molar-refractivity contribution in [3.05, 3.63) is 48.5 Å². The summed E-state index contributed by atoms with van der Waals surface area (Å²) in [6.45, 7) is 0.546. The molecule has 0 aliphatic heterocycles. The maximum atomic E-state index is 10.6. The van der Waals surface area contributed by atoms with Crippen molar-refractivity contribution in [2.45, 2.75) is 4.90 Å². The molecule has 0 heterocycles. The molecule has 0 aliphatic rings. The van der Waals surface area contributed by atoms with Gasteiger partial charge in [0, 0.05) is 28.1 Å². The molecule has 0 bridgehead atoms. The third-order valence-electron chi connectivity index (χ3n) is 2.56. The quantitative estimate of drug-likeness (QED) is 0.432. The second-order valence-corrected chi connectivity index (χ2v) is 5.40. The monoisotopic (exact) mass is 304 g/mol. The van der Waals surface area contributed by atoms with Gasteiger partial charge in [0.2, 0.25) is 0 Å². The van der Waals surface area contributed by atoms with Gasteiger partial charge in [-0.2, -0.15) is 0 Å². The molecule has 6 heteroatoms. The van der Waals surface area contributed by atoms with Crippen LogP contribution >= 0.6 is 11.8 Å². The number of thioether (sulfide) groups is 1. The Labute approximate surface area is 127 Å². The van der Waals surface area contributed by atoms with E-state index in [4.69, 9.17) is 15.6 Å². The number of nitrogens with two attached hydrogens (primary N) is 1. The summed E-state index contributed by atoms with van der Waals surface area (Å²) in [6.07, 6.45) is -1.07. The van der Waals surface area contributed by atoms with E-state index >= 15 is 0 Å².